The summed E-state index contributed by atoms with van der Waals surface area (Å²) < 4.78 is 0. The summed E-state index contributed by atoms with van der Waals surface area (Å²) in [5.41, 5.74) is 1.13. The minimum atomic E-state index is -0.803. The first-order valence-electron chi connectivity index (χ1n) is 4.65. The molecule has 80 valence electrons. The summed E-state index contributed by atoms with van der Waals surface area (Å²) in [7, 11) is 0. The Bertz CT molecular complexity index is 377. The third kappa shape index (κ3) is 2.44. The highest BCUT2D eigenvalue weighted by atomic mass is 16.7. The first-order valence-corrected chi connectivity index (χ1v) is 4.65. The minimum Gasteiger partial charge on any atom is -0.372 e. The number of carbonyl (C=O) groups excluding carboxylic acids is 1. The SMILES string of the molecule is C=C(C)C1=CC=CC(C)(C(=O)ON)C=C1. The van der Waals surface area contributed by atoms with Gasteiger partial charge in [-0.15, -0.1) is 0 Å². The van der Waals surface area contributed by atoms with Crippen molar-refractivity contribution in [3.8, 4) is 0 Å². The zero-order valence-corrected chi connectivity index (χ0v) is 8.99. The van der Waals surface area contributed by atoms with E-state index in [4.69, 9.17) is 5.90 Å². The number of carbonyl (C=O) groups is 1. The van der Waals surface area contributed by atoms with E-state index >= 15 is 0 Å². The van der Waals surface area contributed by atoms with Gasteiger partial charge >= 0.3 is 5.97 Å². The summed E-state index contributed by atoms with van der Waals surface area (Å²) in [4.78, 5) is 15.7. The maximum absolute atomic E-state index is 11.4. The molecule has 0 bridgehead atoms. The van der Waals surface area contributed by atoms with Gasteiger partial charge in [-0.2, -0.15) is 5.90 Å². The van der Waals surface area contributed by atoms with Gasteiger partial charge in [-0.05, 0) is 19.4 Å². The molecular weight excluding hydrogens is 190 g/mol. The van der Waals surface area contributed by atoms with Crippen LogP contribution in [0.15, 0.2) is 48.1 Å². The second kappa shape index (κ2) is 4.28. The second-order valence-electron chi connectivity index (χ2n) is 3.78. The van der Waals surface area contributed by atoms with Gasteiger partial charge in [0, 0.05) is 0 Å². The van der Waals surface area contributed by atoms with E-state index in [-0.39, 0.29) is 0 Å². The highest BCUT2D eigenvalue weighted by Crippen LogP contribution is 2.26. The van der Waals surface area contributed by atoms with Gasteiger partial charge < -0.3 is 4.84 Å². The van der Waals surface area contributed by atoms with Gasteiger partial charge in [0.05, 0.1) is 0 Å². The van der Waals surface area contributed by atoms with Crippen LogP contribution in [0.1, 0.15) is 13.8 Å². The number of nitrogens with two attached hydrogens (primary N) is 1. The van der Waals surface area contributed by atoms with Gasteiger partial charge in [0.25, 0.3) is 0 Å². The van der Waals surface area contributed by atoms with Crippen molar-refractivity contribution in [1.29, 1.82) is 0 Å². The Labute approximate surface area is 89.6 Å². The third-order valence-corrected chi connectivity index (χ3v) is 2.37. The maximum atomic E-state index is 11.4. The van der Waals surface area contributed by atoms with Crippen molar-refractivity contribution < 1.29 is 9.63 Å². The number of allylic oxidation sites excluding steroid dienone is 5. The Morgan fingerprint density at radius 1 is 1.53 bits per heavy atom. The van der Waals surface area contributed by atoms with Crippen LogP contribution >= 0.6 is 0 Å². The van der Waals surface area contributed by atoms with Crippen molar-refractivity contribution in [2.45, 2.75) is 13.8 Å². The lowest BCUT2D eigenvalue weighted by Gasteiger charge is -2.16. The van der Waals surface area contributed by atoms with Crippen LogP contribution in [0.3, 0.4) is 0 Å². The van der Waals surface area contributed by atoms with Crippen molar-refractivity contribution in [3.63, 3.8) is 0 Å². The average Bonchev–Trinajstić information content (AvgIpc) is 2.40. The Hall–Kier alpha value is -1.61. The van der Waals surface area contributed by atoms with Crippen LogP contribution in [-0.2, 0) is 9.63 Å². The smallest absolute Gasteiger partial charge is 0.338 e. The van der Waals surface area contributed by atoms with Crippen molar-refractivity contribution >= 4 is 5.97 Å². The van der Waals surface area contributed by atoms with Crippen LogP contribution in [-0.4, -0.2) is 5.97 Å². The molecule has 0 fully saturated rings. The van der Waals surface area contributed by atoms with Crippen LogP contribution in [0.25, 0.3) is 0 Å². The molecule has 15 heavy (non-hydrogen) atoms. The zero-order valence-electron chi connectivity index (χ0n) is 8.99. The third-order valence-electron chi connectivity index (χ3n) is 2.37. The molecule has 1 atom stereocenters. The monoisotopic (exact) mass is 205 g/mol. The summed E-state index contributed by atoms with van der Waals surface area (Å²) in [6.07, 6.45) is 9.05. The molecule has 0 aromatic rings. The summed E-state index contributed by atoms with van der Waals surface area (Å²) in [6.45, 7) is 7.49. The fourth-order valence-corrected chi connectivity index (χ4v) is 1.27. The van der Waals surface area contributed by atoms with E-state index in [1.54, 1.807) is 25.2 Å². The van der Waals surface area contributed by atoms with Crippen LogP contribution in [0.5, 0.6) is 0 Å². The minimum absolute atomic E-state index is 0.480. The molecule has 0 saturated heterocycles. The molecule has 1 aliphatic carbocycles. The lowest BCUT2D eigenvalue weighted by atomic mass is 9.90. The molecule has 0 aromatic heterocycles. The molecule has 0 radical (unpaired) electrons. The molecular formula is C12H15NO2. The lowest BCUT2D eigenvalue weighted by Crippen LogP contribution is -2.27. The predicted octanol–water partition coefficient (Wildman–Crippen LogP) is 2.04. The number of hydrogen-bond acceptors (Lipinski definition) is 3. The number of hydrogen-bond donors (Lipinski definition) is 1. The highest BCUT2D eigenvalue weighted by Gasteiger charge is 2.29. The van der Waals surface area contributed by atoms with Gasteiger partial charge in [0.1, 0.15) is 5.41 Å². The van der Waals surface area contributed by atoms with E-state index in [1.165, 1.54) is 0 Å². The van der Waals surface area contributed by atoms with Crippen molar-refractivity contribution in [2.24, 2.45) is 11.3 Å². The molecule has 1 unspecified atom stereocenters. The summed E-state index contributed by atoms with van der Waals surface area (Å²) in [6, 6.07) is 0. The van der Waals surface area contributed by atoms with E-state index < -0.39 is 11.4 Å². The van der Waals surface area contributed by atoms with E-state index in [0.29, 0.717) is 0 Å². The van der Waals surface area contributed by atoms with Crippen molar-refractivity contribution in [1.82, 2.24) is 0 Å². The average molecular weight is 205 g/mol. The predicted molar refractivity (Wildman–Crippen MR) is 59.6 cm³/mol. The Kier molecular flexibility index (Phi) is 3.27. The Morgan fingerprint density at radius 2 is 2.20 bits per heavy atom. The van der Waals surface area contributed by atoms with Crippen LogP contribution in [0, 0.1) is 5.41 Å². The van der Waals surface area contributed by atoms with E-state index in [9.17, 15) is 4.79 Å². The molecule has 0 aromatic carbocycles. The molecule has 0 heterocycles. The molecule has 0 saturated carbocycles. The molecule has 0 spiro atoms. The maximum Gasteiger partial charge on any atom is 0.338 e. The largest absolute Gasteiger partial charge is 0.372 e. The topological polar surface area (TPSA) is 52.3 Å². The first kappa shape index (κ1) is 11.5. The quantitative estimate of drug-likeness (QED) is 0.702. The van der Waals surface area contributed by atoms with Gasteiger partial charge in [-0.25, -0.2) is 4.79 Å². The summed E-state index contributed by atoms with van der Waals surface area (Å²) in [5, 5.41) is 0. The van der Waals surface area contributed by atoms with Gasteiger partial charge in [-0.1, -0.05) is 42.5 Å². The van der Waals surface area contributed by atoms with Gasteiger partial charge in [0.2, 0.25) is 0 Å². The summed E-state index contributed by atoms with van der Waals surface area (Å²) >= 11 is 0. The molecule has 0 aliphatic heterocycles. The zero-order chi connectivity index (χ0) is 11.5. The van der Waals surface area contributed by atoms with Crippen LogP contribution in [0.2, 0.25) is 0 Å². The first-order chi connectivity index (χ1) is 6.99. The molecule has 2 N–H and O–H groups in total. The molecule has 1 aliphatic rings. The van der Waals surface area contributed by atoms with Crippen molar-refractivity contribution in [3.05, 3.63) is 48.1 Å². The number of rotatable bonds is 2. The normalized spacial score (nSPS) is 24.3. The fraction of sp³-hybridized carbons (Fsp3) is 0.250. The Balaban J connectivity index is 3.01. The second-order valence-corrected chi connectivity index (χ2v) is 3.78. The van der Waals surface area contributed by atoms with Crippen LogP contribution in [0.4, 0.5) is 0 Å². The lowest BCUT2D eigenvalue weighted by molar-refractivity contribution is -0.150. The van der Waals surface area contributed by atoms with E-state index in [0.717, 1.165) is 11.1 Å². The summed E-state index contributed by atoms with van der Waals surface area (Å²) in [5.74, 6) is 4.40. The van der Waals surface area contributed by atoms with Crippen molar-refractivity contribution in [2.75, 3.05) is 0 Å². The van der Waals surface area contributed by atoms with E-state index in [1.807, 2.05) is 19.1 Å². The molecule has 0 amide bonds. The highest BCUT2D eigenvalue weighted by molar-refractivity contribution is 5.81. The molecule has 3 heteroatoms. The molecule has 3 nitrogen and oxygen atoms in total. The fourth-order valence-electron chi connectivity index (χ4n) is 1.27. The van der Waals surface area contributed by atoms with Crippen LogP contribution < -0.4 is 5.90 Å². The van der Waals surface area contributed by atoms with Gasteiger partial charge in [0.15, 0.2) is 0 Å². The standard InChI is InChI=1S/C12H15NO2/c1-9(2)10-5-4-7-12(3,8-6-10)11(14)15-13/h4-8H,1,13H2,2-3H3. The van der Waals surface area contributed by atoms with Gasteiger partial charge in [-0.3, -0.25) is 0 Å². The molecule has 1 rings (SSSR count). The Morgan fingerprint density at radius 3 is 2.73 bits per heavy atom. The van der Waals surface area contributed by atoms with E-state index in [2.05, 4.69) is 11.4 Å².